The van der Waals surface area contributed by atoms with Crippen LogP contribution in [0.3, 0.4) is 0 Å². The summed E-state index contributed by atoms with van der Waals surface area (Å²) in [7, 11) is 0. The van der Waals surface area contributed by atoms with Crippen molar-refractivity contribution in [3.05, 3.63) is 24.0 Å². The average molecular weight is 219 g/mol. The Balaban J connectivity index is 2.29. The van der Waals surface area contributed by atoms with Crippen molar-refractivity contribution in [1.29, 1.82) is 0 Å². The Hall–Kier alpha value is -2.02. The lowest BCUT2D eigenvalue weighted by atomic mass is 10.1. The van der Waals surface area contributed by atoms with Crippen molar-refractivity contribution in [2.24, 2.45) is 5.92 Å². The molecule has 0 aromatic heterocycles. The maximum atomic E-state index is 13.1. The maximum absolute atomic E-state index is 13.1. The summed E-state index contributed by atoms with van der Waals surface area (Å²) < 4.78 is 13.1. The Morgan fingerprint density at radius 1 is 1.56 bits per heavy atom. The molecule has 1 saturated heterocycles. The molecule has 2 rings (SSSR count). The topological polar surface area (TPSA) is 40.5 Å². The van der Waals surface area contributed by atoms with E-state index in [-0.39, 0.29) is 11.8 Å². The van der Waals surface area contributed by atoms with E-state index >= 15 is 0 Å². The van der Waals surface area contributed by atoms with Gasteiger partial charge in [-0.15, -0.1) is 12.3 Å². The van der Waals surface area contributed by atoms with Gasteiger partial charge in [-0.1, -0.05) is 0 Å². The summed E-state index contributed by atoms with van der Waals surface area (Å²) in [5, 5.41) is 9.04. The van der Waals surface area contributed by atoms with Gasteiger partial charge in [-0.25, -0.2) is 4.39 Å². The predicted molar refractivity (Wildman–Crippen MR) is 57.4 cm³/mol. The maximum Gasteiger partial charge on any atom is 0.228 e. The van der Waals surface area contributed by atoms with Crippen LogP contribution in [0.1, 0.15) is 6.42 Å². The number of benzene rings is 1. The zero-order valence-corrected chi connectivity index (χ0v) is 8.48. The van der Waals surface area contributed by atoms with Gasteiger partial charge in [0.15, 0.2) is 11.6 Å². The minimum absolute atomic E-state index is 0.118. The van der Waals surface area contributed by atoms with Crippen molar-refractivity contribution in [1.82, 2.24) is 0 Å². The Morgan fingerprint density at radius 2 is 2.31 bits per heavy atom. The molecule has 0 spiro atoms. The molecule has 0 bridgehead atoms. The smallest absolute Gasteiger partial charge is 0.228 e. The Labute approximate surface area is 92.5 Å². The van der Waals surface area contributed by atoms with E-state index in [0.717, 1.165) is 6.07 Å². The third kappa shape index (κ3) is 1.72. The lowest BCUT2D eigenvalue weighted by Gasteiger charge is -2.16. The van der Waals surface area contributed by atoms with Gasteiger partial charge in [0.25, 0.3) is 0 Å². The minimum atomic E-state index is -0.741. The number of halogens is 1. The fourth-order valence-corrected chi connectivity index (χ4v) is 1.73. The molecule has 1 aliphatic rings. The van der Waals surface area contributed by atoms with Crippen LogP contribution in [0.4, 0.5) is 10.1 Å². The molecule has 1 unspecified atom stereocenters. The van der Waals surface area contributed by atoms with E-state index in [1.807, 2.05) is 0 Å². The van der Waals surface area contributed by atoms with Gasteiger partial charge in [-0.2, -0.15) is 0 Å². The standard InChI is InChI=1S/C12H10FNO2/c1-2-8-5-12(16)14(7-8)9-3-4-11(15)10(13)6-9/h1,3-4,6,8,15H,5,7H2. The van der Waals surface area contributed by atoms with E-state index < -0.39 is 11.6 Å². The molecule has 0 radical (unpaired) electrons. The number of rotatable bonds is 1. The van der Waals surface area contributed by atoms with E-state index in [4.69, 9.17) is 11.5 Å². The van der Waals surface area contributed by atoms with Gasteiger partial charge in [0.05, 0.1) is 0 Å². The van der Waals surface area contributed by atoms with Gasteiger partial charge in [-0.05, 0) is 12.1 Å². The van der Waals surface area contributed by atoms with Crippen LogP contribution in [0.2, 0.25) is 0 Å². The molecule has 1 aromatic carbocycles. The molecular weight excluding hydrogens is 209 g/mol. The highest BCUT2D eigenvalue weighted by Crippen LogP contribution is 2.27. The first-order valence-electron chi connectivity index (χ1n) is 4.87. The summed E-state index contributed by atoms with van der Waals surface area (Å²) in [5.74, 6) is 1.11. The Morgan fingerprint density at radius 3 is 2.88 bits per heavy atom. The molecule has 1 atom stereocenters. The first-order chi connectivity index (χ1) is 7.61. The van der Waals surface area contributed by atoms with Crippen molar-refractivity contribution in [2.45, 2.75) is 6.42 Å². The molecular formula is C12H10FNO2. The number of phenolic OH excluding ortho intramolecular Hbond substituents is 1. The summed E-state index contributed by atoms with van der Waals surface area (Å²) in [6, 6.07) is 3.85. The summed E-state index contributed by atoms with van der Waals surface area (Å²) in [6.07, 6.45) is 5.54. The van der Waals surface area contributed by atoms with E-state index in [2.05, 4.69) is 5.92 Å². The molecule has 1 aliphatic heterocycles. The van der Waals surface area contributed by atoms with Crippen LogP contribution >= 0.6 is 0 Å². The molecule has 1 fully saturated rings. The molecule has 4 heteroatoms. The Bertz CT molecular complexity index is 478. The van der Waals surface area contributed by atoms with Crippen molar-refractivity contribution in [2.75, 3.05) is 11.4 Å². The van der Waals surface area contributed by atoms with Gasteiger partial charge in [-0.3, -0.25) is 4.79 Å². The summed E-state index contributed by atoms with van der Waals surface area (Å²) in [6.45, 7) is 0.402. The molecule has 1 amide bonds. The molecule has 0 saturated carbocycles. The number of hydrogen-bond acceptors (Lipinski definition) is 2. The van der Waals surface area contributed by atoms with Crippen LogP contribution in [-0.2, 0) is 4.79 Å². The third-order valence-electron chi connectivity index (χ3n) is 2.60. The van der Waals surface area contributed by atoms with E-state index in [1.54, 1.807) is 0 Å². The van der Waals surface area contributed by atoms with Crippen LogP contribution in [0.5, 0.6) is 5.75 Å². The molecule has 0 aliphatic carbocycles. The first kappa shape index (κ1) is 10.5. The molecule has 1 heterocycles. The normalized spacial score (nSPS) is 19.9. The first-order valence-corrected chi connectivity index (χ1v) is 4.87. The van der Waals surface area contributed by atoms with Crippen LogP contribution in [0, 0.1) is 24.1 Å². The SMILES string of the molecule is C#CC1CC(=O)N(c2ccc(O)c(F)c2)C1. The number of anilines is 1. The lowest BCUT2D eigenvalue weighted by molar-refractivity contribution is -0.117. The number of hydrogen-bond donors (Lipinski definition) is 1. The quantitative estimate of drug-likeness (QED) is 0.727. The number of amides is 1. The van der Waals surface area contributed by atoms with Crippen LogP contribution < -0.4 is 4.90 Å². The van der Waals surface area contributed by atoms with Crippen molar-refractivity contribution < 1.29 is 14.3 Å². The lowest BCUT2D eigenvalue weighted by Crippen LogP contribution is -2.24. The number of phenols is 1. The fraction of sp³-hybridized carbons (Fsp3) is 0.250. The van der Waals surface area contributed by atoms with Gasteiger partial charge < -0.3 is 10.0 Å². The number of nitrogens with zero attached hydrogens (tertiary/aromatic N) is 1. The monoisotopic (exact) mass is 219 g/mol. The number of carbonyl (C=O) groups excluding carboxylic acids is 1. The molecule has 1 aromatic rings. The second-order valence-electron chi connectivity index (χ2n) is 3.71. The van der Waals surface area contributed by atoms with Crippen molar-refractivity contribution in [3.63, 3.8) is 0 Å². The second kappa shape index (κ2) is 3.86. The van der Waals surface area contributed by atoms with E-state index in [9.17, 15) is 9.18 Å². The van der Waals surface area contributed by atoms with Crippen LogP contribution in [0.25, 0.3) is 0 Å². The van der Waals surface area contributed by atoms with E-state index in [1.165, 1.54) is 17.0 Å². The molecule has 1 N–H and O–H groups in total. The summed E-state index contributed by atoms with van der Waals surface area (Å²) >= 11 is 0. The fourth-order valence-electron chi connectivity index (χ4n) is 1.73. The number of terminal acetylenes is 1. The summed E-state index contributed by atoms with van der Waals surface area (Å²) in [5.41, 5.74) is 0.429. The molecule has 3 nitrogen and oxygen atoms in total. The van der Waals surface area contributed by atoms with Gasteiger partial charge in [0, 0.05) is 30.6 Å². The zero-order valence-electron chi connectivity index (χ0n) is 8.48. The van der Waals surface area contributed by atoms with Crippen LogP contribution in [-0.4, -0.2) is 17.6 Å². The van der Waals surface area contributed by atoms with Gasteiger partial charge in [0.2, 0.25) is 5.91 Å². The van der Waals surface area contributed by atoms with E-state index in [0.29, 0.717) is 18.7 Å². The second-order valence-corrected chi connectivity index (χ2v) is 3.71. The molecule has 82 valence electrons. The average Bonchev–Trinajstić information content (AvgIpc) is 2.64. The number of carbonyl (C=O) groups is 1. The van der Waals surface area contributed by atoms with Gasteiger partial charge in [0.1, 0.15) is 0 Å². The minimum Gasteiger partial charge on any atom is -0.505 e. The van der Waals surface area contributed by atoms with Crippen molar-refractivity contribution in [3.8, 4) is 18.1 Å². The highest BCUT2D eigenvalue weighted by Gasteiger charge is 2.29. The van der Waals surface area contributed by atoms with Crippen molar-refractivity contribution >= 4 is 11.6 Å². The Kier molecular flexibility index (Phi) is 2.53. The molecule has 16 heavy (non-hydrogen) atoms. The highest BCUT2D eigenvalue weighted by molar-refractivity contribution is 5.96. The van der Waals surface area contributed by atoms with Gasteiger partial charge >= 0.3 is 0 Å². The highest BCUT2D eigenvalue weighted by atomic mass is 19.1. The number of aromatic hydroxyl groups is 1. The van der Waals surface area contributed by atoms with Crippen LogP contribution in [0.15, 0.2) is 18.2 Å². The zero-order chi connectivity index (χ0) is 11.7. The third-order valence-corrected chi connectivity index (χ3v) is 2.60. The summed E-state index contributed by atoms with van der Waals surface area (Å²) in [4.78, 5) is 13.0. The predicted octanol–water partition coefficient (Wildman–Crippen LogP) is 1.52. The largest absolute Gasteiger partial charge is 0.505 e.